The fourth-order valence-corrected chi connectivity index (χ4v) is 2.15. The van der Waals surface area contributed by atoms with Gasteiger partial charge in [-0.2, -0.15) is 5.10 Å². The molecule has 0 saturated heterocycles. The molecule has 1 atom stereocenters. The summed E-state index contributed by atoms with van der Waals surface area (Å²) in [6.07, 6.45) is 0.891. The molecular weight excluding hydrogens is 204 g/mol. The summed E-state index contributed by atoms with van der Waals surface area (Å²) in [6, 6.07) is -0.570. The molecule has 1 aromatic rings. The highest BCUT2D eigenvalue weighted by Gasteiger charge is 2.27. The summed E-state index contributed by atoms with van der Waals surface area (Å²) in [6.45, 7) is 9.74. The third kappa shape index (κ3) is 2.10. The van der Waals surface area contributed by atoms with Crippen molar-refractivity contribution in [3.8, 4) is 0 Å². The van der Waals surface area contributed by atoms with Gasteiger partial charge in [-0.05, 0) is 31.7 Å². The van der Waals surface area contributed by atoms with Gasteiger partial charge >= 0.3 is 5.97 Å². The summed E-state index contributed by atoms with van der Waals surface area (Å²) in [5, 5.41) is 13.6. The summed E-state index contributed by atoms with van der Waals surface area (Å²) >= 11 is 0. The Morgan fingerprint density at radius 1 is 1.44 bits per heavy atom. The molecule has 16 heavy (non-hydrogen) atoms. The Balaban J connectivity index is 3.26. The molecule has 0 spiro atoms. The Hall–Kier alpha value is -1.32. The number of hydrogen-bond acceptors (Lipinski definition) is 2. The summed E-state index contributed by atoms with van der Waals surface area (Å²) in [7, 11) is 0. The Morgan fingerprint density at radius 3 is 2.31 bits per heavy atom. The minimum absolute atomic E-state index is 0.0280. The van der Waals surface area contributed by atoms with E-state index in [1.165, 1.54) is 0 Å². The number of aromatic nitrogens is 2. The largest absolute Gasteiger partial charge is 0.480 e. The molecule has 1 unspecified atom stereocenters. The normalized spacial score (nSPS) is 13.1. The van der Waals surface area contributed by atoms with Crippen LogP contribution in [0.5, 0.6) is 0 Å². The summed E-state index contributed by atoms with van der Waals surface area (Å²) < 4.78 is 1.65. The fraction of sp³-hybridized carbons (Fsp3) is 0.667. The van der Waals surface area contributed by atoms with Gasteiger partial charge in [0, 0.05) is 5.69 Å². The maximum atomic E-state index is 11.2. The van der Waals surface area contributed by atoms with E-state index in [1.54, 1.807) is 4.68 Å². The fourth-order valence-electron chi connectivity index (χ4n) is 2.15. The summed E-state index contributed by atoms with van der Waals surface area (Å²) in [5.74, 6) is -0.788. The molecule has 1 aromatic heterocycles. The molecule has 1 N–H and O–H groups in total. The van der Waals surface area contributed by atoms with E-state index in [0.717, 1.165) is 23.4 Å². The molecule has 0 amide bonds. The van der Waals surface area contributed by atoms with E-state index in [1.807, 2.05) is 27.7 Å². The molecule has 0 aromatic carbocycles. The molecule has 0 aliphatic carbocycles. The van der Waals surface area contributed by atoms with E-state index >= 15 is 0 Å². The highest BCUT2D eigenvalue weighted by Crippen LogP contribution is 2.23. The van der Waals surface area contributed by atoms with Crippen LogP contribution >= 0.6 is 0 Å². The van der Waals surface area contributed by atoms with Crippen molar-refractivity contribution in [3.05, 3.63) is 17.0 Å². The molecule has 1 rings (SSSR count). The van der Waals surface area contributed by atoms with Gasteiger partial charge in [0.15, 0.2) is 6.04 Å². The molecule has 1 heterocycles. The van der Waals surface area contributed by atoms with Gasteiger partial charge in [-0.15, -0.1) is 0 Å². The molecule has 0 aliphatic rings. The van der Waals surface area contributed by atoms with Gasteiger partial charge in [-0.1, -0.05) is 20.8 Å². The molecule has 0 aliphatic heterocycles. The predicted octanol–water partition coefficient (Wildman–Crippen LogP) is 2.34. The highest BCUT2D eigenvalue weighted by molar-refractivity contribution is 5.72. The summed E-state index contributed by atoms with van der Waals surface area (Å²) in [5.41, 5.74) is 3.07. The van der Waals surface area contributed by atoms with Crippen LogP contribution in [0.15, 0.2) is 0 Å². The number of carboxylic acids is 1. The predicted molar refractivity (Wildman–Crippen MR) is 62.6 cm³/mol. The van der Waals surface area contributed by atoms with Gasteiger partial charge < -0.3 is 5.11 Å². The second kappa shape index (κ2) is 4.68. The van der Waals surface area contributed by atoms with Crippen molar-refractivity contribution in [2.24, 2.45) is 5.92 Å². The zero-order chi connectivity index (χ0) is 12.5. The zero-order valence-corrected chi connectivity index (χ0v) is 10.6. The van der Waals surface area contributed by atoms with Gasteiger partial charge in [0.05, 0.1) is 5.69 Å². The first-order valence-electron chi connectivity index (χ1n) is 5.67. The lowest BCUT2D eigenvalue weighted by atomic mass is 10.0. The standard InChI is InChI=1S/C12H20N2O2/c1-6-10-8(4)13-14(9(10)5)11(7(2)3)12(15)16/h7,11H,6H2,1-5H3,(H,15,16). The Bertz CT molecular complexity index is 394. The van der Waals surface area contributed by atoms with Crippen molar-refractivity contribution in [1.29, 1.82) is 0 Å². The average molecular weight is 224 g/mol. The first-order valence-corrected chi connectivity index (χ1v) is 5.67. The maximum Gasteiger partial charge on any atom is 0.328 e. The monoisotopic (exact) mass is 224 g/mol. The lowest BCUT2D eigenvalue weighted by Gasteiger charge is -2.18. The van der Waals surface area contributed by atoms with E-state index in [0.29, 0.717) is 0 Å². The van der Waals surface area contributed by atoms with Crippen molar-refractivity contribution in [2.75, 3.05) is 0 Å². The molecule has 0 bridgehead atoms. The molecule has 0 saturated carbocycles. The second-order valence-corrected chi connectivity index (χ2v) is 4.47. The number of aryl methyl sites for hydroxylation is 1. The smallest absolute Gasteiger partial charge is 0.328 e. The number of rotatable bonds is 4. The Labute approximate surface area is 96.3 Å². The minimum Gasteiger partial charge on any atom is -0.480 e. The number of hydrogen-bond donors (Lipinski definition) is 1. The quantitative estimate of drug-likeness (QED) is 0.854. The van der Waals surface area contributed by atoms with E-state index in [-0.39, 0.29) is 5.92 Å². The van der Waals surface area contributed by atoms with Gasteiger partial charge in [-0.3, -0.25) is 4.68 Å². The van der Waals surface area contributed by atoms with Crippen LogP contribution < -0.4 is 0 Å². The third-order valence-corrected chi connectivity index (χ3v) is 2.98. The van der Waals surface area contributed by atoms with Crippen molar-refractivity contribution < 1.29 is 9.90 Å². The lowest BCUT2D eigenvalue weighted by molar-refractivity contribution is -0.142. The van der Waals surface area contributed by atoms with Crippen LogP contribution in [-0.4, -0.2) is 20.9 Å². The first-order chi connectivity index (χ1) is 7.40. The van der Waals surface area contributed by atoms with Crippen molar-refractivity contribution in [3.63, 3.8) is 0 Å². The lowest BCUT2D eigenvalue weighted by Crippen LogP contribution is -2.26. The molecule has 90 valence electrons. The van der Waals surface area contributed by atoms with Crippen LogP contribution in [0.25, 0.3) is 0 Å². The summed E-state index contributed by atoms with van der Waals surface area (Å²) in [4.78, 5) is 11.2. The van der Waals surface area contributed by atoms with Crippen LogP contribution in [0.3, 0.4) is 0 Å². The Kier molecular flexibility index (Phi) is 3.73. The molecular formula is C12H20N2O2. The highest BCUT2D eigenvalue weighted by atomic mass is 16.4. The van der Waals surface area contributed by atoms with Crippen molar-refractivity contribution >= 4 is 5.97 Å². The van der Waals surface area contributed by atoms with E-state index < -0.39 is 12.0 Å². The molecule has 4 heteroatoms. The SMILES string of the molecule is CCc1c(C)nn(C(C(=O)O)C(C)C)c1C. The van der Waals surface area contributed by atoms with Crippen LogP contribution in [-0.2, 0) is 11.2 Å². The van der Waals surface area contributed by atoms with Crippen LogP contribution in [0.4, 0.5) is 0 Å². The first kappa shape index (κ1) is 12.7. The van der Waals surface area contributed by atoms with Crippen LogP contribution in [0.1, 0.15) is 43.8 Å². The maximum absolute atomic E-state index is 11.2. The van der Waals surface area contributed by atoms with E-state index in [4.69, 9.17) is 0 Å². The number of carbonyl (C=O) groups is 1. The van der Waals surface area contributed by atoms with Gasteiger partial charge in [0.25, 0.3) is 0 Å². The molecule has 4 nitrogen and oxygen atoms in total. The molecule has 0 radical (unpaired) electrons. The van der Waals surface area contributed by atoms with Crippen LogP contribution in [0, 0.1) is 19.8 Å². The topological polar surface area (TPSA) is 55.1 Å². The third-order valence-electron chi connectivity index (χ3n) is 2.98. The van der Waals surface area contributed by atoms with E-state index in [9.17, 15) is 9.90 Å². The minimum atomic E-state index is -0.816. The zero-order valence-electron chi connectivity index (χ0n) is 10.6. The number of aliphatic carboxylic acids is 1. The van der Waals surface area contributed by atoms with Crippen molar-refractivity contribution in [1.82, 2.24) is 9.78 Å². The average Bonchev–Trinajstić information content (AvgIpc) is 2.41. The van der Waals surface area contributed by atoms with Gasteiger partial charge in [0.1, 0.15) is 0 Å². The number of carboxylic acid groups (broad SMARTS) is 1. The van der Waals surface area contributed by atoms with Crippen LogP contribution in [0.2, 0.25) is 0 Å². The van der Waals surface area contributed by atoms with Crippen molar-refractivity contribution in [2.45, 2.75) is 47.1 Å². The Morgan fingerprint density at radius 2 is 2.00 bits per heavy atom. The van der Waals surface area contributed by atoms with Gasteiger partial charge in [-0.25, -0.2) is 4.79 Å². The van der Waals surface area contributed by atoms with E-state index in [2.05, 4.69) is 12.0 Å². The number of nitrogens with zero attached hydrogens (tertiary/aromatic N) is 2. The second-order valence-electron chi connectivity index (χ2n) is 4.47. The van der Waals surface area contributed by atoms with Gasteiger partial charge in [0.2, 0.25) is 0 Å². The molecule has 0 fully saturated rings.